The van der Waals surface area contributed by atoms with Crippen LogP contribution in [0, 0.1) is 0 Å². The molecule has 2 aliphatic rings. The highest BCUT2D eigenvalue weighted by Gasteiger charge is 2.40. The van der Waals surface area contributed by atoms with Gasteiger partial charge in [-0.25, -0.2) is 0 Å². The summed E-state index contributed by atoms with van der Waals surface area (Å²) in [6.07, 6.45) is 5.51. The Bertz CT molecular complexity index is 562. The average Bonchev–Trinajstić information content (AvgIpc) is 2.63. The molecule has 0 atom stereocenters. The number of rotatable bonds is 4. The number of aliphatic hydroxyl groups is 1. The number of carbonyl (C=O) groups is 1. The molecule has 5 heteroatoms. The van der Waals surface area contributed by atoms with Crippen molar-refractivity contribution in [1.82, 2.24) is 9.80 Å². The number of hydrogen-bond acceptors (Lipinski definition) is 4. The molecule has 1 amide bonds. The van der Waals surface area contributed by atoms with Crippen molar-refractivity contribution in [2.45, 2.75) is 18.4 Å². The van der Waals surface area contributed by atoms with Crippen molar-refractivity contribution < 1.29 is 9.90 Å². The number of hydrogen-bond donors (Lipinski definition) is 1. The van der Waals surface area contributed by atoms with Crippen LogP contribution in [-0.2, 0) is 4.79 Å². The van der Waals surface area contributed by atoms with E-state index in [1.54, 1.807) is 0 Å². The molecule has 0 saturated carbocycles. The van der Waals surface area contributed by atoms with Crippen LogP contribution in [0.2, 0.25) is 0 Å². The van der Waals surface area contributed by atoms with Gasteiger partial charge in [0.1, 0.15) is 5.60 Å². The highest BCUT2D eigenvalue weighted by atomic mass is 32.2. The minimum Gasteiger partial charge on any atom is -0.380 e. The van der Waals surface area contributed by atoms with Crippen LogP contribution in [-0.4, -0.2) is 70.6 Å². The van der Waals surface area contributed by atoms with E-state index in [1.807, 2.05) is 34.9 Å². The maximum Gasteiger partial charge on any atom is 0.254 e. The van der Waals surface area contributed by atoms with Gasteiger partial charge in [-0.1, -0.05) is 42.5 Å². The standard InChI is InChI=1S/C19H26N2O2S/c22-18(19(23)8-15-24-16-9-19)21-13-11-20(12-14-21)10-4-7-17-5-2-1-3-6-17/h1-7,23H,8-16H2. The number of amides is 1. The summed E-state index contributed by atoms with van der Waals surface area (Å²) in [5.41, 5.74) is 0.101. The minimum atomic E-state index is -1.11. The molecule has 2 fully saturated rings. The first kappa shape index (κ1) is 17.5. The summed E-state index contributed by atoms with van der Waals surface area (Å²) in [5, 5.41) is 10.6. The van der Waals surface area contributed by atoms with Crippen molar-refractivity contribution in [2.24, 2.45) is 0 Å². The van der Waals surface area contributed by atoms with E-state index in [2.05, 4.69) is 29.2 Å². The maximum absolute atomic E-state index is 12.6. The molecule has 0 radical (unpaired) electrons. The third kappa shape index (κ3) is 4.41. The van der Waals surface area contributed by atoms with E-state index in [0.29, 0.717) is 25.9 Å². The second-order valence-corrected chi connectivity index (χ2v) is 7.77. The Kier molecular flexibility index (Phi) is 5.98. The van der Waals surface area contributed by atoms with E-state index in [4.69, 9.17) is 0 Å². The molecular weight excluding hydrogens is 320 g/mol. The van der Waals surface area contributed by atoms with E-state index in [-0.39, 0.29) is 5.91 Å². The maximum atomic E-state index is 12.6. The quantitative estimate of drug-likeness (QED) is 0.907. The first-order valence-electron chi connectivity index (χ1n) is 8.71. The lowest BCUT2D eigenvalue weighted by atomic mass is 9.94. The first-order chi connectivity index (χ1) is 11.7. The zero-order chi connectivity index (χ0) is 16.8. The van der Waals surface area contributed by atoms with Gasteiger partial charge < -0.3 is 10.0 Å². The van der Waals surface area contributed by atoms with Crippen molar-refractivity contribution in [3.63, 3.8) is 0 Å². The van der Waals surface area contributed by atoms with Crippen molar-refractivity contribution in [1.29, 1.82) is 0 Å². The average molecular weight is 346 g/mol. The van der Waals surface area contributed by atoms with E-state index in [0.717, 1.165) is 31.1 Å². The molecule has 3 rings (SSSR count). The molecule has 2 heterocycles. The predicted molar refractivity (Wildman–Crippen MR) is 100 cm³/mol. The molecule has 4 nitrogen and oxygen atoms in total. The van der Waals surface area contributed by atoms with E-state index < -0.39 is 5.60 Å². The summed E-state index contributed by atoms with van der Waals surface area (Å²) in [5.74, 6) is 1.71. The molecule has 0 unspecified atom stereocenters. The van der Waals surface area contributed by atoms with Crippen LogP contribution in [0.3, 0.4) is 0 Å². The first-order valence-corrected chi connectivity index (χ1v) is 9.86. The molecule has 2 aliphatic heterocycles. The van der Waals surface area contributed by atoms with Crippen LogP contribution < -0.4 is 0 Å². The molecule has 0 spiro atoms. The van der Waals surface area contributed by atoms with Crippen molar-refractivity contribution in [3.8, 4) is 0 Å². The number of nitrogens with zero attached hydrogens (tertiary/aromatic N) is 2. The Morgan fingerprint density at radius 3 is 2.46 bits per heavy atom. The largest absolute Gasteiger partial charge is 0.380 e. The third-order valence-electron chi connectivity index (χ3n) is 4.85. The van der Waals surface area contributed by atoms with Crippen LogP contribution in [0.25, 0.3) is 6.08 Å². The highest BCUT2D eigenvalue weighted by molar-refractivity contribution is 7.99. The molecular formula is C19H26N2O2S. The highest BCUT2D eigenvalue weighted by Crippen LogP contribution is 2.29. The molecule has 0 aromatic heterocycles. The summed E-state index contributed by atoms with van der Waals surface area (Å²) in [4.78, 5) is 16.8. The lowest BCUT2D eigenvalue weighted by Crippen LogP contribution is -2.56. The van der Waals surface area contributed by atoms with Gasteiger partial charge in [-0.2, -0.15) is 11.8 Å². The van der Waals surface area contributed by atoms with Crippen LogP contribution in [0.15, 0.2) is 36.4 Å². The second-order valence-electron chi connectivity index (χ2n) is 6.55. The zero-order valence-electron chi connectivity index (χ0n) is 14.1. The van der Waals surface area contributed by atoms with Gasteiger partial charge >= 0.3 is 0 Å². The molecule has 0 aliphatic carbocycles. The number of benzene rings is 1. The summed E-state index contributed by atoms with van der Waals surface area (Å²) in [7, 11) is 0. The number of carbonyl (C=O) groups excluding carboxylic acids is 1. The van der Waals surface area contributed by atoms with Gasteiger partial charge in [0.25, 0.3) is 5.91 Å². The normalized spacial score (nSPS) is 22.0. The molecule has 24 heavy (non-hydrogen) atoms. The van der Waals surface area contributed by atoms with Crippen LogP contribution in [0.1, 0.15) is 18.4 Å². The van der Waals surface area contributed by atoms with Crippen molar-refractivity contribution >= 4 is 23.7 Å². The van der Waals surface area contributed by atoms with Crippen LogP contribution >= 0.6 is 11.8 Å². The van der Waals surface area contributed by atoms with Gasteiger partial charge in [-0.3, -0.25) is 9.69 Å². The Labute approximate surface area is 148 Å². The lowest BCUT2D eigenvalue weighted by molar-refractivity contribution is -0.153. The van der Waals surface area contributed by atoms with Crippen molar-refractivity contribution in [3.05, 3.63) is 42.0 Å². The number of thioether (sulfide) groups is 1. The Balaban J connectivity index is 1.45. The smallest absolute Gasteiger partial charge is 0.254 e. The fourth-order valence-corrected chi connectivity index (χ4v) is 4.42. The summed E-state index contributed by atoms with van der Waals surface area (Å²) in [6.45, 7) is 4.07. The molecule has 1 aromatic carbocycles. The molecule has 2 saturated heterocycles. The van der Waals surface area contributed by atoms with Gasteiger partial charge in [0.2, 0.25) is 0 Å². The monoisotopic (exact) mass is 346 g/mol. The summed E-state index contributed by atoms with van der Waals surface area (Å²) >= 11 is 1.82. The van der Waals surface area contributed by atoms with Gasteiger partial charge in [-0.15, -0.1) is 0 Å². The third-order valence-corrected chi connectivity index (χ3v) is 5.84. The second kappa shape index (κ2) is 8.19. The van der Waals surface area contributed by atoms with Crippen LogP contribution in [0.5, 0.6) is 0 Å². The Hall–Kier alpha value is -1.30. The van der Waals surface area contributed by atoms with Gasteiger partial charge in [0.15, 0.2) is 0 Å². The number of piperazine rings is 1. The molecule has 130 valence electrons. The molecule has 0 bridgehead atoms. The van der Waals surface area contributed by atoms with Crippen LogP contribution in [0.4, 0.5) is 0 Å². The summed E-state index contributed by atoms with van der Waals surface area (Å²) in [6, 6.07) is 10.3. The zero-order valence-corrected chi connectivity index (χ0v) is 14.9. The Morgan fingerprint density at radius 2 is 1.79 bits per heavy atom. The molecule has 1 aromatic rings. The Morgan fingerprint density at radius 1 is 1.12 bits per heavy atom. The van der Waals surface area contributed by atoms with E-state index in [9.17, 15) is 9.90 Å². The van der Waals surface area contributed by atoms with Gasteiger partial charge in [-0.05, 0) is 29.9 Å². The summed E-state index contributed by atoms with van der Waals surface area (Å²) < 4.78 is 0. The van der Waals surface area contributed by atoms with E-state index >= 15 is 0 Å². The van der Waals surface area contributed by atoms with E-state index in [1.165, 1.54) is 5.56 Å². The van der Waals surface area contributed by atoms with Gasteiger partial charge in [0.05, 0.1) is 0 Å². The predicted octanol–water partition coefficient (Wildman–Crippen LogP) is 2.10. The minimum absolute atomic E-state index is 0.0534. The SMILES string of the molecule is O=C(N1CCN(CC=Cc2ccccc2)CC1)C1(O)CCSCC1. The topological polar surface area (TPSA) is 43.8 Å². The fourth-order valence-electron chi connectivity index (χ4n) is 3.25. The fraction of sp³-hybridized carbons (Fsp3) is 0.526. The lowest BCUT2D eigenvalue weighted by Gasteiger charge is -2.40. The van der Waals surface area contributed by atoms with Gasteiger partial charge in [0, 0.05) is 32.7 Å². The van der Waals surface area contributed by atoms with Crippen molar-refractivity contribution in [2.75, 3.05) is 44.2 Å². The molecule has 1 N–H and O–H groups in total.